The highest BCUT2D eigenvalue weighted by Gasteiger charge is 2.27. The summed E-state index contributed by atoms with van der Waals surface area (Å²) in [5.74, 6) is -0.475. The number of carbonyl (C=O) groups excluding carboxylic acids is 2. The van der Waals surface area contributed by atoms with Crippen molar-refractivity contribution in [2.45, 2.75) is 26.5 Å². The highest BCUT2D eigenvalue weighted by molar-refractivity contribution is 5.99. The Bertz CT molecular complexity index is 713. The van der Waals surface area contributed by atoms with Crippen LogP contribution < -0.4 is 10.1 Å². The molecule has 0 saturated carbocycles. The summed E-state index contributed by atoms with van der Waals surface area (Å²) in [5.41, 5.74) is 1.28. The third kappa shape index (κ3) is 5.08. The van der Waals surface area contributed by atoms with Gasteiger partial charge in [0.1, 0.15) is 18.4 Å². The van der Waals surface area contributed by atoms with Crippen LogP contribution in [0, 0.1) is 5.92 Å². The molecule has 132 valence electrons. The average Bonchev–Trinajstić information content (AvgIpc) is 2.64. The molecule has 5 heteroatoms. The van der Waals surface area contributed by atoms with Gasteiger partial charge in [-0.15, -0.1) is 0 Å². The minimum absolute atomic E-state index is 0.109. The SMILES string of the molecule is COc1ccccc1C(=O)N[C@H](C(=O)OCc1ccccc1)C(C)C. The molecule has 0 heterocycles. The van der Waals surface area contributed by atoms with Crippen molar-refractivity contribution < 1.29 is 19.1 Å². The summed E-state index contributed by atoms with van der Waals surface area (Å²) in [5, 5.41) is 2.75. The summed E-state index contributed by atoms with van der Waals surface area (Å²) < 4.78 is 10.6. The molecular weight excluding hydrogens is 318 g/mol. The van der Waals surface area contributed by atoms with E-state index in [-0.39, 0.29) is 18.4 Å². The number of hydrogen-bond donors (Lipinski definition) is 1. The molecule has 0 fully saturated rings. The van der Waals surface area contributed by atoms with Crippen LogP contribution in [-0.2, 0) is 16.1 Å². The van der Waals surface area contributed by atoms with Gasteiger partial charge in [0.05, 0.1) is 12.7 Å². The van der Waals surface area contributed by atoms with Crippen LogP contribution in [0.3, 0.4) is 0 Å². The highest BCUT2D eigenvalue weighted by Crippen LogP contribution is 2.18. The molecule has 0 aliphatic heterocycles. The van der Waals surface area contributed by atoms with Crippen molar-refractivity contribution in [1.82, 2.24) is 5.32 Å². The summed E-state index contributed by atoms with van der Waals surface area (Å²) >= 11 is 0. The number of rotatable bonds is 7. The van der Waals surface area contributed by atoms with E-state index in [9.17, 15) is 9.59 Å². The number of hydrogen-bond acceptors (Lipinski definition) is 4. The molecular formula is C20H23NO4. The normalized spacial score (nSPS) is 11.7. The maximum atomic E-state index is 12.5. The van der Waals surface area contributed by atoms with Crippen LogP contribution in [0.1, 0.15) is 29.8 Å². The monoisotopic (exact) mass is 341 g/mol. The van der Waals surface area contributed by atoms with E-state index in [0.29, 0.717) is 11.3 Å². The number of methoxy groups -OCH3 is 1. The minimum atomic E-state index is -0.735. The molecule has 0 aliphatic carbocycles. The summed E-state index contributed by atoms with van der Waals surface area (Å²) in [6, 6.07) is 15.6. The average molecular weight is 341 g/mol. The van der Waals surface area contributed by atoms with E-state index < -0.39 is 12.0 Å². The molecule has 2 aromatic carbocycles. The molecule has 0 unspecified atom stereocenters. The lowest BCUT2D eigenvalue weighted by molar-refractivity contribution is -0.148. The molecule has 0 radical (unpaired) electrons. The van der Waals surface area contributed by atoms with Gasteiger partial charge < -0.3 is 14.8 Å². The van der Waals surface area contributed by atoms with E-state index >= 15 is 0 Å². The predicted molar refractivity (Wildman–Crippen MR) is 95.3 cm³/mol. The predicted octanol–water partition coefficient (Wildman–Crippen LogP) is 3.19. The summed E-state index contributed by atoms with van der Waals surface area (Å²) in [7, 11) is 1.50. The van der Waals surface area contributed by atoms with Crippen molar-refractivity contribution in [3.63, 3.8) is 0 Å². The molecule has 0 aliphatic rings. The standard InChI is InChI=1S/C20H23NO4/c1-14(2)18(20(23)25-13-15-9-5-4-6-10-15)21-19(22)16-11-7-8-12-17(16)24-3/h4-12,14,18H,13H2,1-3H3,(H,21,22)/t18-/m0/s1. The van der Waals surface area contributed by atoms with Crippen LogP contribution >= 0.6 is 0 Å². The first kappa shape index (κ1) is 18.5. The fourth-order valence-corrected chi connectivity index (χ4v) is 2.37. The van der Waals surface area contributed by atoms with Gasteiger partial charge in [0.2, 0.25) is 0 Å². The number of benzene rings is 2. The molecule has 0 saturated heterocycles. The first-order valence-corrected chi connectivity index (χ1v) is 8.17. The third-order valence-corrected chi connectivity index (χ3v) is 3.78. The quantitative estimate of drug-likeness (QED) is 0.786. The third-order valence-electron chi connectivity index (χ3n) is 3.78. The Morgan fingerprint density at radius 1 is 1.00 bits per heavy atom. The van der Waals surface area contributed by atoms with E-state index in [1.807, 2.05) is 44.2 Å². The van der Waals surface area contributed by atoms with Gasteiger partial charge in [-0.2, -0.15) is 0 Å². The summed E-state index contributed by atoms with van der Waals surface area (Å²) in [4.78, 5) is 24.9. The second-order valence-electron chi connectivity index (χ2n) is 5.99. The topological polar surface area (TPSA) is 64.6 Å². The van der Waals surface area contributed by atoms with Crippen molar-refractivity contribution in [3.05, 3.63) is 65.7 Å². The van der Waals surface area contributed by atoms with E-state index in [1.165, 1.54) is 7.11 Å². The molecule has 0 spiro atoms. The lowest BCUT2D eigenvalue weighted by Crippen LogP contribution is -2.45. The van der Waals surface area contributed by atoms with E-state index in [4.69, 9.17) is 9.47 Å². The Morgan fingerprint density at radius 3 is 2.28 bits per heavy atom. The van der Waals surface area contributed by atoms with Gasteiger partial charge in [0, 0.05) is 0 Å². The second kappa shape index (κ2) is 8.87. The fraction of sp³-hybridized carbons (Fsp3) is 0.300. The molecule has 1 N–H and O–H groups in total. The van der Waals surface area contributed by atoms with Gasteiger partial charge in [-0.05, 0) is 23.6 Å². The zero-order valence-corrected chi connectivity index (χ0v) is 14.7. The zero-order chi connectivity index (χ0) is 18.2. The van der Waals surface area contributed by atoms with E-state index in [0.717, 1.165) is 5.56 Å². The van der Waals surface area contributed by atoms with Crippen molar-refractivity contribution in [1.29, 1.82) is 0 Å². The van der Waals surface area contributed by atoms with Gasteiger partial charge in [-0.1, -0.05) is 56.3 Å². The molecule has 0 bridgehead atoms. The number of carbonyl (C=O) groups is 2. The van der Waals surface area contributed by atoms with Crippen LogP contribution in [0.15, 0.2) is 54.6 Å². The van der Waals surface area contributed by atoms with Crippen molar-refractivity contribution in [2.24, 2.45) is 5.92 Å². The second-order valence-corrected chi connectivity index (χ2v) is 5.99. The molecule has 2 rings (SSSR count). The van der Waals surface area contributed by atoms with E-state index in [2.05, 4.69) is 5.32 Å². The van der Waals surface area contributed by atoms with Gasteiger partial charge in [0.15, 0.2) is 0 Å². The zero-order valence-electron chi connectivity index (χ0n) is 14.7. The van der Waals surface area contributed by atoms with Crippen LogP contribution in [0.25, 0.3) is 0 Å². The van der Waals surface area contributed by atoms with Crippen LogP contribution in [0.2, 0.25) is 0 Å². The van der Waals surface area contributed by atoms with Crippen LogP contribution in [0.5, 0.6) is 5.75 Å². The molecule has 1 amide bonds. The molecule has 1 atom stereocenters. The number of amides is 1. The maximum Gasteiger partial charge on any atom is 0.329 e. The number of ether oxygens (including phenoxy) is 2. The Morgan fingerprint density at radius 2 is 1.64 bits per heavy atom. The smallest absolute Gasteiger partial charge is 0.329 e. The van der Waals surface area contributed by atoms with Gasteiger partial charge in [-0.25, -0.2) is 4.79 Å². The molecule has 25 heavy (non-hydrogen) atoms. The Hall–Kier alpha value is -2.82. The number of nitrogens with one attached hydrogen (secondary N) is 1. The van der Waals surface area contributed by atoms with Crippen molar-refractivity contribution in [3.8, 4) is 5.75 Å². The number of esters is 1. The van der Waals surface area contributed by atoms with E-state index in [1.54, 1.807) is 24.3 Å². The Kier molecular flexibility index (Phi) is 6.57. The van der Waals surface area contributed by atoms with Crippen molar-refractivity contribution >= 4 is 11.9 Å². The first-order chi connectivity index (χ1) is 12.0. The Balaban J connectivity index is 2.04. The van der Waals surface area contributed by atoms with Gasteiger partial charge in [-0.3, -0.25) is 4.79 Å². The van der Waals surface area contributed by atoms with Gasteiger partial charge >= 0.3 is 5.97 Å². The molecule has 5 nitrogen and oxygen atoms in total. The maximum absolute atomic E-state index is 12.5. The van der Waals surface area contributed by atoms with Crippen LogP contribution in [-0.4, -0.2) is 25.0 Å². The summed E-state index contributed by atoms with van der Waals surface area (Å²) in [6.45, 7) is 3.89. The number of para-hydroxylation sites is 1. The van der Waals surface area contributed by atoms with Crippen LogP contribution in [0.4, 0.5) is 0 Å². The lowest BCUT2D eigenvalue weighted by Gasteiger charge is -2.21. The highest BCUT2D eigenvalue weighted by atomic mass is 16.5. The molecule has 0 aromatic heterocycles. The fourth-order valence-electron chi connectivity index (χ4n) is 2.37. The van der Waals surface area contributed by atoms with Gasteiger partial charge in [0.25, 0.3) is 5.91 Å². The summed E-state index contributed by atoms with van der Waals surface area (Å²) in [6.07, 6.45) is 0. The lowest BCUT2D eigenvalue weighted by atomic mass is 10.0. The van der Waals surface area contributed by atoms with Crippen molar-refractivity contribution in [2.75, 3.05) is 7.11 Å². The first-order valence-electron chi connectivity index (χ1n) is 8.17. The largest absolute Gasteiger partial charge is 0.496 e. The molecule has 2 aromatic rings. The minimum Gasteiger partial charge on any atom is -0.496 e. The Labute approximate surface area is 148 Å².